The van der Waals surface area contributed by atoms with E-state index in [0.717, 1.165) is 12.6 Å². The fraction of sp³-hybridized carbons (Fsp3) is 0.667. The van der Waals surface area contributed by atoms with E-state index in [9.17, 15) is 0 Å². The van der Waals surface area contributed by atoms with Crippen LogP contribution in [0.1, 0.15) is 19.3 Å². The van der Waals surface area contributed by atoms with Crippen LogP contribution in [0.15, 0.2) is 12.3 Å². The fourth-order valence-electron chi connectivity index (χ4n) is 2.38. The van der Waals surface area contributed by atoms with Gasteiger partial charge in [0.05, 0.1) is 7.11 Å². The van der Waals surface area contributed by atoms with Crippen molar-refractivity contribution < 1.29 is 4.74 Å². The van der Waals surface area contributed by atoms with Gasteiger partial charge in [0.25, 0.3) is 0 Å². The highest BCUT2D eigenvalue weighted by Crippen LogP contribution is 2.30. The summed E-state index contributed by atoms with van der Waals surface area (Å²) >= 11 is 0. The van der Waals surface area contributed by atoms with Crippen molar-refractivity contribution in [3.05, 3.63) is 12.3 Å². The molecule has 1 unspecified atom stereocenters. The van der Waals surface area contributed by atoms with E-state index in [1.165, 1.54) is 25.8 Å². The van der Waals surface area contributed by atoms with E-state index in [1.807, 2.05) is 0 Å². The van der Waals surface area contributed by atoms with Crippen molar-refractivity contribution in [2.45, 2.75) is 31.3 Å². The molecule has 0 bridgehead atoms. The molecule has 1 saturated heterocycles. The minimum Gasteiger partial charge on any atom is -0.481 e. The average Bonchev–Trinajstić information content (AvgIpc) is 3.11. The standard InChI is InChI=1S/C12H18N4O/c1-17-11-4-6-13-12(15-11)14-9-5-7-16(8-9)10-2-3-10/h4,6,9-10H,2-3,5,7-8H2,1H3,(H,13,14,15). The van der Waals surface area contributed by atoms with Crippen LogP contribution in [0.2, 0.25) is 0 Å². The Morgan fingerprint density at radius 2 is 2.29 bits per heavy atom. The van der Waals surface area contributed by atoms with Crippen LogP contribution in [0.4, 0.5) is 5.95 Å². The molecular weight excluding hydrogens is 216 g/mol. The van der Waals surface area contributed by atoms with Crippen molar-refractivity contribution in [3.8, 4) is 5.88 Å². The Kier molecular flexibility index (Phi) is 2.84. The molecule has 0 spiro atoms. The molecule has 1 aliphatic carbocycles. The molecule has 1 aromatic heterocycles. The monoisotopic (exact) mass is 234 g/mol. The Balaban J connectivity index is 1.59. The van der Waals surface area contributed by atoms with E-state index in [4.69, 9.17) is 4.74 Å². The Labute approximate surface area is 101 Å². The normalized spacial score (nSPS) is 24.9. The zero-order valence-corrected chi connectivity index (χ0v) is 10.1. The van der Waals surface area contributed by atoms with Gasteiger partial charge in [-0.1, -0.05) is 0 Å². The van der Waals surface area contributed by atoms with E-state index < -0.39 is 0 Å². The zero-order chi connectivity index (χ0) is 11.7. The van der Waals surface area contributed by atoms with Crippen LogP contribution in [-0.4, -0.2) is 47.2 Å². The number of anilines is 1. The molecule has 1 atom stereocenters. The van der Waals surface area contributed by atoms with E-state index in [0.29, 0.717) is 17.9 Å². The molecule has 0 aromatic carbocycles. The average molecular weight is 234 g/mol. The van der Waals surface area contributed by atoms with Crippen molar-refractivity contribution in [2.24, 2.45) is 0 Å². The van der Waals surface area contributed by atoms with Gasteiger partial charge in [0, 0.05) is 37.4 Å². The molecule has 2 aliphatic rings. The largest absolute Gasteiger partial charge is 0.481 e. The summed E-state index contributed by atoms with van der Waals surface area (Å²) in [6.45, 7) is 2.32. The summed E-state index contributed by atoms with van der Waals surface area (Å²) in [7, 11) is 1.62. The number of methoxy groups -OCH3 is 1. The number of rotatable bonds is 4. The third-order valence-corrected chi connectivity index (χ3v) is 3.46. The molecule has 3 rings (SSSR count). The maximum Gasteiger partial charge on any atom is 0.226 e. The molecule has 5 nitrogen and oxygen atoms in total. The maximum absolute atomic E-state index is 5.09. The predicted molar refractivity (Wildman–Crippen MR) is 65.2 cm³/mol. The van der Waals surface area contributed by atoms with Gasteiger partial charge in [0.2, 0.25) is 11.8 Å². The van der Waals surface area contributed by atoms with Crippen LogP contribution >= 0.6 is 0 Å². The van der Waals surface area contributed by atoms with Gasteiger partial charge < -0.3 is 10.1 Å². The number of aromatic nitrogens is 2. The van der Waals surface area contributed by atoms with Gasteiger partial charge >= 0.3 is 0 Å². The number of nitrogens with one attached hydrogen (secondary N) is 1. The van der Waals surface area contributed by atoms with Crippen LogP contribution < -0.4 is 10.1 Å². The number of hydrogen-bond donors (Lipinski definition) is 1. The second kappa shape index (κ2) is 4.49. The minimum absolute atomic E-state index is 0.475. The summed E-state index contributed by atoms with van der Waals surface area (Å²) in [6, 6.07) is 3.09. The van der Waals surface area contributed by atoms with Crippen LogP contribution in [0, 0.1) is 0 Å². The van der Waals surface area contributed by atoms with Crippen LogP contribution in [0.25, 0.3) is 0 Å². The Morgan fingerprint density at radius 1 is 1.41 bits per heavy atom. The molecule has 5 heteroatoms. The van der Waals surface area contributed by atoms with E-state index >= 15 is 0 Å². The third kappa shape index (κ3) is 2.49. The van der Waals surface area contributed by atoms with E-state index in [-0.39, 0.29) is 0 Å². The van der Waals surface area contributed by atoms with Gasteiger partial charge in [0.15, 0.2) is 0 Å². The first-order valence-electron chi connectivity index (χ1n) is 6.23. The molecular formula is C12H18N4O. The summed E-state index contributed by atoms with van der Waals surface area (Å²) in [5.74, 6) is 1.28. The third-order valence-electron chi connectivity index (χ3n) is 3.46. The summed E-state index contributed by atoms with van der Waals surface area (Å²) in [5, 5.41) is 3.38. The SMILES string of the molecule is COc1ccnc(NC2CCN(C3CC3)C2)n1. The molecule has 1 aliphatic heterocycles. The highest BCUT2D eigenvalue weighted by Gasteiger charge is 2.34. The lowest BCUT2D eigenvalue weighted by molar-refractivity contribution is 0.326. The molecule has 0 amide bonds. The smallest absolute Gasteiger partial charge is 0.226 e. The quantitative estimate of drug-likeness (QED) is 0.846. The number of nitrogens with zero attached hydrogens (tertiary/aromatic N) is 3. The van der Waals surface area contributed by atoms with Crippen molar-refractivity contribution >= 4 is 5.95 Å². The lowest BCUT2D eigenvalue weighted by atomic mass is 10.3. The molecule has 17 heavy (non-hydrogen) atoms. The van der Waals surface area contributed by atoms with Crippen molar-refractivity contribution in [1.82, 2.24) is 14.9 Å². The minimum atomic E-state index is 0.475. The first kappa shape index (κ1) is 10.8. The summed E-state index contributed by atoms with van der Waals surface area (Å²) in [5.41, 5.74) is 0. The fourth-order valence-corrected chi connectivity index (χ4v) is 2.38. The van der Waals surface area contributed by atoms with Gasteiger partial charge in [-0.25, -0.2) is 4.98 Å². The van der Waals surface area contributed by atoms with Gasteiger partial charge in [0.1, 0.15) is 0 Å². The topological polar surface area (TPSA) is 50.3 Å². The first-order chi connectivity index (χ1) is 8.35. The molecule has 0 radical (unpaired) electrons. The lowest BCUT2D eigenvalue weighted by Crippen LogP contribution is -2.28. The molecule has 92 valence electrons. The second-order valence-electron chi connectivity index (χ2n) is 4.78. The van der Waals surface area contributed by atoms with Gasteiger partial charge in [-0.15, -0.1) is 0 Å². The Morgan fingerprint density at radius 3 is 3.06 bits per heavy atom. The van der Waals surface area contributed by atoms with Gasteiger partial charge in [-0.3, -0.25) is 4.90 Å². The first-order valence-corrected chi connectivity index (χ1v) is 6.23. The van der Waals surface area contributed by atoms with Crippen molar-refractivity contribution in [1.29, 1.82) is 0 Å². The van der Waals surface area contributed by atoms with Gasteiger partial charge in [-0.2, -0.15) is 4.98 Å². The zero-order valence-electron chi connectivity index (χ0n) is 10.1. The Hall–Kier alpha value is -1.36. The maximum atomic E-state index is 5.09. The molecule has 1 N–H and O–H groups in total. The molecule has 2 fully saturated rings. The van der Waals surface area contributed by atoms with Crippen LogP contribution in [0.5, 0.6) is 5.88 Å². The van der Waals surface area contributed by atoms with Crippen molar-refractivity contribution in [3.63, 3.8) is 0 Å². The lowest BCUT2D eigenvalue weighted by Gasteiger charge is -2.15. The van der Waals surface area contributed by atoms with Crippen molar-refractivity contribution in [2.75, 3.05) is 25.5 Å². The van der Waals surface area contributed by atoms with Crippen LogP contribution in [0.3, 0.4) is 0 Å². The molecule has 1 saturated carbocycles. The predicted octanol–water partition coefficient (Wildman–Crippen LogP) is 1.13. The Bertz CT molecular complexity index is 394. The molecule has 2 heterocycles. The summed E-state index contributed by atoms with van der Waals surface area (Å²) < 4.78 is 5.09. The summed E-state index contributed by atoms with van der Waals surface area (Å²) in [6.07, 6.45) is 5.66. The number of hydrogen-bond acceptors (Lipinski definition) is 5. The second-order valence-corrected chi connectivity index (χ2v) is 4.78. The van der Waals surface area contributed by atoms with E-state index in [1.54, 1.807) is 19.4 Å². The van der Waals surface area contributed by atoms with E-state index in [2.05, 4.69) is 20.2 Å². The van der Waals surface area contributed by atoms with Crippen LogP contribution in [-0.2, 0) is 0 Å². The molecule has 1 aromatic rings. The number of ether oxygens (including phenoxy) is 1. The number of likely N-dealkylation sites (tertiary alicyclic amines) is 1. The van der Waals surface area contributed by atoms with Gasteiger partial charge in [-0.05, 0) is 19.3 Å². The summed E-state index contributed by atoms with van der Waals surface area (Å²) in [4.78, 5) is 11.1. The highest BCUT2D eigenvalue weighted by molar-refractivity contribution is 5.29. The highest BCUT2D eigenvalue weighted by atomic mass is 16.5.